The van der Waals surface area contributed by atoms with Crippen molar-refractivity contribution in [1.29, 1.82) is 5.26 Å². The summed E-state index contributed by atoms with van der Waals surface area (Å²) >= 11 is 0.874. The number of benzene rings is 1. The fourth-order valence-electron chi connectivity index (χ4n) is 7.66. The Morgan fingerprint density at radius 1 is 1.12 bits per heavy atom. The summed E-state index contributed by atoms with van der Waals surface area (Å²) in [5, 5.41) is 16.9. The minimum absolute atomic E-state index is 0.000489. The predicted octanol–water partition coefficient (Wildman–Crippen LogP) is 7.31. The van der Waals surface area contributed by atoms with Crippen molar-refractivity contribution in [2.75, 3.05) is 51.0 Å². The molecule has 0 radical (unpaired) electrons. The van der Waals surface area contributed by atoms with E-state index in [9.17, 15) is 10.1 Å². The Morgan fingerprint density at radius 3 is 2.50 bits per heavy atom. The van der Waals surface area contributed by atoms with Crippen molar-refractivity contribution in [3.63, 3.8) is 0 Å². The van der Waals surface area contributed by atoms with Crippen LogP contribution in [-0.2, 0) is 4.74 Å². The highest BCUT2D eigenvalue weighted by Gasteiger charge is 2.45. The minimum atomic E-state index is -0.794. The molecule has 7 rings (SSSR count). The fraction of sp³-hybridized carbons (Fsp3) is 0.528. The molecule has 4 aromatic rings. The third-order valence-corrected chi connectivity index (χ3v) is 11.6. The Kier molecular flexibility index (Phi) is 8.81. The van der Waals surface area contributed by atoms with E-state index in [4.69, 9.17) is 14.5 Å². The monoisotopic (exact) mass is 704 g/mol. The fourth-order valence-corrected chi connectivity index (χ4v) is 8.73. The van der Waals surface area contributed by atoms with Crippen LogP contribution in [0.5, 0.6) is 6.01 Å². The van der Waals surface area contributed by atoms with Crippen molar-refractivity contribution in [2.45, 2.75) is 82.4 Å². The highest BCUT2D eigenvalue weighted by atomic mass is 32.1. The highest BCUT2D eigenvalue weighted by molar-refractivity contribution is 7.23. The van der Waals surface area contributed by atoms with Gasteiger partial charge in [0.05, 0.1) is 21.2 Å². The van der Waals surface area contributed by atoms with Crippen molar-refractivity contribution in [3.8, 4) is 23.3 Å². The Morgan fingerprint density at radius 2 is 1.86 bits per heavy atom. The number of nitrogens with one attached hydrogen (secondary N) is 2. The quantitative estimate of drug-likeness (QED) is 0.183. The minimum Gasteiger partial charge on any atom is -0.461 e. The number of carbonyl (C=O) groups is 1. The van der Waals surface area contributed by atoms with Crippen LogP contribution in [-0.4, -0.2) is 87.9 Å². The second kappa shape index (κ2) is 12.9. The maximum Gasteiger partial charge on any atom is 0.412 e. The van der Waals surface area contributed by atoms with Crippen LogP contribution >= 0.6 is 11.3 Å². The molecule has 1 aromatic carbocycles. The highest BCUT2D eigenvalue weighted by Crippen LogP contribution is 2.44. The Bertz CT molecular complexity index is 2010. The molecule has 0 spiro atoms. The van der Waals surface area contributed by atoms with Gasteiger partial charge in [-0.25, -0.2) is 13.6 Å². The number of nitrogens with zero attached hydrogens (tertiary/aromatic N) is 6. The van der Waals surface area contributed by atoms with Crippen LogP contribution in [0.25, 0.3) is 32.2 Å². The molecule has 0 atom stereocenters. The molecule has 0 bridgehead atoms. The molecule has 0 unspecified atom stereocenters. The normalized spacial score (nSPS) is 18.2. The molecule has 1 saturated carbocycles. The van der Waals surface area contributed by atoms with E-state index in [1.165, 1.54) is 18.3 Å². The average molecular weight is 705 g/mol. The number of hydrogen-bond donors (Lipinski definition) is 2. The topological polar surface area (TPSA) is 129 Å². The van der Waals surface area contributed by atoms with Gasteiger partial charge in [0.2, 0.25) is 0 Å². The first-order valence-corrected chi connectivity index (χ1v) is 18.0. The third kappa shape index (κ3) is 6.09. The number of pyridine rings is 1. The number of nitriles is 1. The van der Waals surface area contributed by atoms with Crippen molar-refractivity contribution in [1.82, 2.24) is 24.8 Å². The SMILES string of the molecule is CN(C)C1(CNc2nc(OCC34CCCN3CCC4)nc3c(F)c(-c4ccc(F)c5sc(NC(=O)OC(C)(C)C)c(C#N)c45)ncc23)CCC1. The van der Waals surface area contributed by atoms with Gasteiger partial charge in [-0.1, -0.05) is 0 Å². The number of halogens is 2. The summed E-state index contributed by atoms with van der Waals surface area (Å²) in [5.41, 5.74) is -0.850. The van der Waals surface area contributed by atoms with Gasteiger partial charge in [-0.2, -0.15) is 15.2 Å². The zero-order valence-electron chi connectivity index (χ0n) is 29.1. The molecule has 1 aliphatic carbocycles. The summed E-state index contributed by atoms with van der Waals surface area (Å²) in [4.78, 5) is 31.2. The maximum atomic E-state index is 16.9. The summed E-state index contributed by atoms with van der Waals surface area (Å²) in [7, 11) is 4.13. The Labute approximate surface area is 294 Å². The lowest BCUT2D eigenvalue weighted by Crippen LogP contribution is -2.54. The Hall–Kier alpha value is -4.19. The number of fused-ring (bicyclic) bond motifs is 3. The van der Waals surface area contributed by atoms with Crippen LogP contribution < -0.4 is 15.4 Å². The van der Waals surface area contributed by atoms with Gasteiger partial charge in [0.1, 0.15) is 46.1 Å². The van der Waals surface area contributed by atoms with Crippen LogP contribution in [0.1, 0.15) is 71.3 Å². The molecule has 1 amide bonds. The van der Waals surface area contributed by atoms with Gasteiger partial charge in [0.25, 0.3) is 0 Å². The largest absolute Gasteiger partial charge is 0.461 e. The molecule has 3 aliphatic rings. The van der Waals surface area contributed by atoms with Gasteiger partial charge in [-0.3, -0.25) is 15.2 Å². The van der Waals surface area contributed by atoms with E-state index in [1.807, 2.05) is 0 Å². The summed E-state index contributed by atoms with van der Waals surface area (Å²) in [6, 6.07) is 4.73. The second-order valence-electron chi connectivity index (χ2n) is 14.9. The molecular formula is C36H42F2N8O3S. The Balaban J connectivity index is 1.31. The molecule has 2 aliphatic heterocycles. The van der Waals surface area contributed by atoms with Crippen molar-refractivity contribution >= 4 is 49.2 Å². The number of thiophene rings is 1. The number of likely N-dealkylation sites (N-methyl/N-ethyl adjacent to an activating group) is 1. The van der Waals surface area contributed by atoms with Crippen LogP contribution in [0.2, 0.25) is 0 Å². The molecule has 50 heavy (non-hydrogen) atoms. The lowest BCUT2D eigenvalue weighted by Gasteiger charge is -2.47. The number of rotatable bonds is 9. The van der Waals surface area contributed by atoms with Gasteiger partial charge in [-0.15, -0.1) is 11.3 Å². The van der Waals surface area contributed by atoms with E-state index in [-0.39, 0.29) is 54.5 Å². The van der Waals surface area contributed by atoms with Crippen molar-refractivity contribution in [3.05, 3.63) is 35.5 Å². The van der Waals surface area contributed by atoms with E-state index in [1.54, 1.807) is 20.8 Å². The van der Waals surface area contributed by atoms with Crippen LogP contribution in [0.4, 0.5) is 24.4 Å². The zero-order valence-corrected chi connectivity index (χ0v) is 29.9. The number of hydrogen-bond acceptors (Lipinski definition) is 11. The van der Waals surface area contributed by atoms with E-state index in [0.717, 1.165) is 69.4 Å². The van der Waals surface area contributed by atoms with Crippen LogP contribution in [0.3, 0.4) is 0 Å². The number of amides is 1. The van der Waals surface area contributed by atoms with Gasteiger partial charge in [-0.05, 0) is 105 Å². The van der Waals surface area contributed by atoms with E-state index in [0.29, 0.717) is 24.4 Å². The molecule has 2 saturated heterocycles. The zero-order chi connectivity index (χ0) is 35.4. The molecule has 11 nitrogen and oxygen atoms in total. The molecule has 3 aromatic heterocycles. The van der Waals surface area contributed by atoms with Crippen LogP contribution in [0, 0.1) is 23.0 Å². The molecule has 264 valence electrons. The molecule has 2 N–H and O–H groups in total. The summed E-state index contributed by atoms with van der Waals surface area (Å²) in [6.07, 6.45) is 8.19. The first kappa shape index (κ1) is 34.3. The predicted molar refractivity (Wildman–Crippen MR) is 190 cm³/mol. The first-order chi connectivity index (χ1) is 23.8. The lowest BCUT2D eigenvalue weighted by atomic mass is 9.75. The molecule has 3 fully saturated rings. The van der Waals surface area contributed by atoms with E-state index >= 15 is 8.78 Å². The number of carbonyl (C=O) groups excluding carboxylic acids is 1. The van der Waals surface area contributed by atoms with Gasteiger partial charge >= 0.3 is 12.1 Å². The summed E-state index contributed by atoms with van der Waals surface area (Å²) in [5.74, 6) is -0.953. The first-order valence-electron chi connectivity index (χ1n) is 17.1. The van der Waals surface area contributed by atoms with Gasteiger partial charge < -0.3 is 19.7 Å². The molecule has 14 heteroatoms. The van der Waals surface area contributed by atoms with Crippen LogP contribution in [0.15, 0.2) is 18.3 Å². The number of ether oxygens (including phenoxy) is 2. The maximum absolute atomic E-state index is 16.9. The molecular weight excluding hydrogens is 663 g/mol. The summed E-state index contributed by atoms with van der Waals surface area (Å²) < 4.78 is 43.9. The standard InChI is InChI=1S/C36H42F2N8O3S/c1-34(2,3)49-33(47)44-31-22(17-39)25-21(9-10-24(37)29(25)50-31)27-26(38)28-23(18-40-27)30(41-19-35(45(4)5)11-6-12-35)43-32(42-28)48-20-36-13-7-15-46(36)16-8-14-36/h9-10,18H,6-8,11-16,19-20H2,1-5H3,(H,44,47)(H,41,42,43). The second-order valence-corrected chi connectivity index (χ2v) is 15.9. The average Bonchev–Trinajstić information content (AvgIpc) is 3.72. The smallest absolute Gasteiger partial charge is 0.412 e. The third-order valence-electron chi connectivity index (χ3n) is 10.5. The van der Waals surface area contributed by atoms with E-state index < -0.39 is 23.3 Å². The summed E-state index contributed by atoms with van der Waals surface area (Å²) in [6.45, 7) is 8.21. The van der Waals surface area contributed by atoms with Crippen molar-refractivity contribution < 1.29 is 23.0 Å². The van der Waals surface area contributed by atoms with Gasteiger partial charge in [0, 0.05) is 29.2 Å². The molecule has 5 heterocycles. The van der Waals surface area contributed by atoms with E-state index in [2.05, 4.69) is 50.6 Å². The van der Waals surface area contributed by atoms with Crippen molar-refractivity contribution in [2.24, 2.45) is 0 Å². The number of aromatic nitrogens is 3. The number of anilines is 2. The lowest BCUT2D eigenvalue weighted by molar-refractivity contribution is 0.0636. The van der Waals surface area contributed by atoms with Gasteiger partial charge in [0.15, 0.2) is 5.82 Å².